The lowest BCUT2D eigenvalue weighted by Gasteiger charge is -2.47. The van der Waals surface area contributed by atoms with Crippen LogP contribution in [0.25, 0.3) is 0 Å². The zero-order valence-corrected chi connectivity index (χ0v) is 11.6. The third-order valence-electron chi connectivity index (χ3n) is 4.19. The molecule has 0 heterocycles. The molecule has 0 aliphatic carbocycles. The van der Waals surface area contributed by atoms with E-state index in [0.29, 0.717) is 0 Å². The topological polar surface area (TPSA) is 20.3 Å². The van der Waals surface area contributed by atoms with Crippen molar-refractivity contribution in [1.82, 2.24) is 4.90 Å². The summed E-state index contributed by atoms with van der Waals surface area (Å²) in [5.74, 6) is 0.169. The van der Waals surface area contributed by atoms with Crippen molar-refractivity contribution in [2.45, 2.75) is 61.4 Å². The highest BCUT2D eigenvalue weighted by Crippen LogP contribution is 2.42. The Kier molecular flexibility index (Phi) is 4.38. The molecule has 15 heavy (non-hydrogen) atoms. The van der Waals surface area contributed by atoms with Crippen molar-refractivity contribution < 1.29 is 4.79 Å². The lowest BCUT2D eigenvalue weighted by Crippen LogP contribution is -2.50. The fraction of sp³-hybridized carbons (Fsp3) is 0.923. The summed E-state index contributed by atoms with van der Waals surface area (Å²) in [6.45, 7) is 17.8. The summed E-state index contributed by atoms with van der Waals surface area (Å²) in [5, 5.41) is 0. The van der Waals surface area contributed by atoms with Gasteiger partial charge in [-0.25, -0.2) is 0 Å². The Labute approximate surface area is 95.0 Å². The van der Waals surface area contributed by atoms with Gasteiger partial charge in [-0.1, -0.05) is 34.6 Å². The first-order valence-electron chi connectivity index (χ1n) is 5.83. The summed E-state index contributed by atoms with van der Waals surface area (Å²) in [6, 6.07) is 0.264. The molecule has 0 saturated carbocycles. The van der Waals surface area contributed by atoms with Crippen LogP contribution in [0.2, 0.25) is 0 Å². The average Bonchev–Trinajstić information content (AvgIpc) is 2.02. The van der Waals surface area contributed by atoms with Crippen molar-refractivity contribution >= 4 is 5.91 Å². The molecule has 2 heteroatoms. The van der Waals surface area contributed by atoms with Crippen LogP contribution in [0, 0.1) is 10.8 Å². The number of hydrogen-bond donors (Lipinski definition) is 0. The molecule has 90 valence electrons. The van der Waals surface area contributed by atoms with E-state index in [1.54, 1.807) is 6.92 Å². The number of carbonyl (C=O) groups is 1. The van der Waals surface area contributed by atoms with Crippen molar-refractivity contribution in [3.8, 4) is 0 Å². The van der Waals surface area contributed by atoms with Crippen LogP contribution in [0.5, 0.6) is 0 Å². The minimum Gasteiger partial charge on any atom is -0.340 e. The molecule has 0 spiro atoms. The Morgan fingerprint density at radius 3 is 1.80 bits per heavy atom. The Bertz CT molecular complexity index is 225. The van der Waals surface area contributed by atoms with Crippen LogP contribution in [0.4, 0.5) is 0 Å². The van der Waals surface area contributed by atoms with E-state index in [9.17, 15) is 4.79 Å². The Balaban J connectivity index is 4.97. The highest BCUT2D eigenvalue weighted by atomic mass is 16.2. The SMILES string of the molecule is CCN(C(C)=O)C(C)C(C)(C)C(C)(C)C. The molecule has 2 nitrogen and oxygen atoms in total. The summed E-state index contributed by atoms with van der Waals surface area (Å²) in [7, 11) is 0. The molecule has 0 fully saturated rings. The van der Waals surface area contributed by atoms with Gasteiger partial charge in [-0.2, -0.15) is 0 Å². The summed E-state index contributed by atoms with van der Waals surface area (Å²) < 4.78 is 0. The van der Waals surface area contributed by atoms with E-state index in [2.05, 4.69) is 41.5 Å². The van der Waals surface area contributed by atoms with Gasteiger partial charge in [0.1, 0.15) is 0 Å². The first-order valence-corrected chi connectivity index (χ1v) is 5.83. The first kappa shape index (κ1) is 14.5. The molecule has 1 amide bonds. The van der Waals surface area contributed by atoms with Crippen LogP contribution in [-0.2, 0) is 4.79 Å². The van der Waals surface area contributed by atoms with Gasteiger partial charge in [-0.05, 0) is 24.7 Å². The van der Waals surface area contributed by atoms with Gasteiger partial charge in [0.05, 0.1) is 0 Å². The average molecular weight is 213 g/mol. The molecule has 0 bridgehead atoms. The van der Waals surface area contributed by atoms with Gasteiger partial charge in [0.25, 0.3) is 0 Å². The zero-order valence-electron chi connectivity index (χ0n) is 11.6. The van der Waals surface area contributed by atoms with Gasteiger partial charge in [0.2, 0.25) is 5.91 Å². The predicted molar refractivity (Wildman–Crippen MR) is 65.8 cm³/mol. The Morgan fingerprint density at radius 2 is 1.60 bits per heavy atom. The van der Waals surface area contributed by atoms with Crippen molar-refractivity contribution in [2.75, 3.05) is 6.54 Å². The maximum Gasteiger partial charge on any atom is 0.219 e. The largest absolute Gasteiger partial charge is 0.340 e. The lowest BCUT2D eigenvalue weighted by atomic mass is 9.65. The normalized spacial score (nSPS) is 14.9. The minimum atomic E-state index is 0.106. The predicted octanol–water partition coefficient (Wildman–Crippen LogP) is 3.32. The van der Waals surface area contributed by atoms with Gasteiger partial charge >= 0.3 is 0 Å². The summed E-state index contributed by atoms with van der Waals surface area (Å²) in [6.07, 6.45) is 0. The maximum absolute atomic E-state index is 11.5. The molecule has 0 rings (SSSR count). The van der Waals surface area contributed by atoms with Crippen LogP contribution in [-0.4, -0.2) is 23.4 Å². The number of carbonyl (C=O) groups excluding carboxylic acids is 1. The number of hydrogen-bond acceptors (Lipinski definition) is 1. The molecule has 0 saturated heterocycles. The number of amides is 1. The van der Waals surface area contributed by atoms with E-state index in [1.807, 2.05) is 11.8 Å². The second-order valence-corrected chi connectivity index (χ2v) is 5.95. The minimum absolute atomic E-state index is 0.106. The monoisotopic (exact) mass is 213 g/mol. The van der Waals surface area contributed by atoms with Gasteiger partial charge in [-0.3, -0.25) is 4.79 Å². The van der Waals surface area contributed by atoms with Crippen molar-refractivity contribution in [1.29, 1.82) is 0 Å². The highest BCUT2D eigenvalue weighted by Gasteiger charge is 2.40. The molecule has 0 N–H and O–H groups in total. The Hall–Kier alpha value is -0.530. The molecular weight excluding hydrogens is 186 g/mol. The van der Waals surface area contributed by atoms with Crippen LogP contribution in [0.15, 0.2) is 0 Å². The third kappa shape index (κ3) is 2.96. The van der Waals surface area contributed by atoms with Crippen LogP contribution in [0.3, 0.4) is 0 Å². The van der Waals surface area contributed by atoms with Crippen molar-refractivity contribution in [3.63, 3.8) is 0 Å². The smallest absolute Gasteiger partial charge is 0.219 e. The second kappa shape index (κ2) is 4.54. The molecule has 0 radical (unpaired) electrons. The quantitative estimate of drug-likeness (QED) is 0.704. The van der Waals surface area contributed by atoms with E-state index in [-0.39, 0.29) is 22.8 Å². The number of rotatable bonds is 3. The number of nitrogens with zero attached hydrogens (tertiary/aromatic N) is 1. The standard InChI is InChI=1S/C13H27NO/c1-9-14(11(3)15)10(2)13(7,8)12(4,5)6/h10H,9H2,1-8H3. The Morgan fingerprint density at radius 1 is 1.20 bits per heavy atom. The fourth-order valence-electron chi connectivity index (χ4n) is 1.79. The van der Waals surface area contributed by atoms with Gasteiger partial charge in [-0.15, -0.1) is 0 Å². The molecule has 1 unspecified atom stereocenters. The van der Waals surface area contributed by atoms with Crippen LogP contribution < -0.4 is 0 Å². The maximum atomic E-state index is 11.5. The van der Waals surface area contributed by atoms with E-state index in [1.165, 1.54) is 0 Å². The first-order chi connectivity index (χ1) is 6.55. The molecule has 0 aromatic carbocycles. The second-order valence-electron chi connectivity index (χ2n) is 5.95. The zero-order chi connectivity index (χ0) is 12.4. The highest BCUT2D eigenvalue weighted by molar-refractivity contribution is 5.73. The molecule has 0 aliphatic heterocycles. The molecule has 1 atom stereocenters. The fourth-order valence-corrected chi connectivity index (χ4v) is 1.79. The van der Waals surface area contributed by atoms with Gasteiger partial charge in [0, 0.05) is 19.5 Å². The van der Waals surface area contributed by atoms with E-state index < -0.39 is 0 Å². The lowest BCUT2D eigenvalue weighted by molar-refractivity contribution is -0.135. The van der Waals surface area contributed by atoms with E-state index >= 15 is 0 Å². The summed E-state index contributed by atoms with van der Waals surface area (Å²) in [5.41, 5.74) is 0.296. The molecule has 0 aromatic rings. The third-order valence-corrected chi connectivity index (χ3v) is 4.19. The van der Waals surface area contributed by atoms with Gasteiger partial charge in [0.15, 0.2) is 0 Å². The molecule has 0 aliphatic rings. The van der Waals surface area contributed by atoms with Crippen LogP contribution in [0.1, 0.15) is 55.4 Å². The van der Waals surface area contributed by atoms with Crippen molar-refractivity contribution in [2.24, 2.45) is 10.8 Å². The molecule has 0 aromatic heterocycles. The van der Waals surface area contributed by atoms with Gasteiger partial charge < -0.3 is 4.90 Å². The van der Waals surface area contributed by atoms with E-state index in [0.717, 1.165) is 6.54 Å². The van der Waals surface area contributed by atoms with E-state index in [4.69, 9.17) is 0 Å². The molecular formula is C13H27NO. The van der Waals surface area contributed by atoms with Crippen LogP contribution >= 0.6 is 0 Å². The van der Waals surface area contributed by atoms with Crippen molar-refractivity contribution in [3.05, 3.63) is 0 Å². The summed E-state index contributed by atoms with van der Waals surface area (Å²) in [4.78, 5) is 13.5. The summed E-state index contributed by atoms with van der Waals surface area (Å²) >= 11 is 0.